The number of ether oxygens (including phenoxy) is 3. The second kappa shape index (κ2) is 16.6. The third-order valence-electron chi connectivity index (χ3n) is 5.64. The largest absolute Gasteiger partial charge is 0.467 e. The van der Waals surface area contributed by atoms with Gasteiger partial charge in [-0.2, -0.15) is 0 Å². The molecular weight excluding hydrogens is 530 g/mol. The van der Waals surface area contributed by atoms with E-state index in [2.05, 4.69) is 16.0 Å². The van der Waals surface area contributed by atoms with Gasteiger partial charge in [0.25, 0.3) is 0 Å². The van der Waals surface area contributed by atoms with Gasteiger partial charge in [0.15, 0.2) is 0 Å². The monoisotopic (exact) mass is 569 g/mol. The van der Waals surface area contributed by atoms with Crippen molar-refractivity contribution in [2.45, 2.75) is 70.7 Å². The molecule has 0 fully saturated rings. The van der Waals surface area contributed by atoms with Crippen LogP contribution in [0.4, 0.5) is 4.79 Å². The van der Waals surface area contributed by atoms with E-state index in [1.165, 1.54) is 7.11 Å². The van der Waals surface area contributed by atoms with Gasteiger partial charge in [-0.1, -0.05) is 60.7 Å². The molecule has 0 aliphatic carbocycles. The van der Waals surface area contributed by atoms with E-state index in [0.717, 1.165) is 11.1 Å². The van der Waals surface area contributed by atoms with E-state index in [1.54, 1.807) is 20.8 Å². The Labute approximate surface area is 240 Å². The molecule has 2 rings (SSSR count). The highest BCUT2D eigenvalue weighted by Gasteiger charge is 2.26. The van der Waals surface area contributed by atoms with Crippen LogP contribution in [0.3, 0.4) is 0 Å². The van der Waals surface area contributed by atoms with Gasteiger partial charge in [-0.15, -0.1) is 0 Å². The molecule has 0 unspecified atom stereocenters. The van der Waals surface area contributed by atoms with Gasteiger partial charge in [-0.3, -0.25) is 14.4 Å². The molecule has 3 N–H and O–H groups in total. The molecule has 0 saturated heterocycles. The first-order valence-electron chi connectivity index (χ1n) is 13.3. The predicted molar refractivity (Wildman–Crippen MR) is 150 cm³/mol. The maximum absolute atomic E-state index is 12.9. The minimum absolute atomic E-state index is 0.0165. The van der Waals surface area contributed by atoms with Crippen LogP contribution in [-0.2, 0) is 46.4 Å². The van der Waals surface area contributed by atoms with Crippen LogP contribution < -0.4 is 16.0 Å². The molecule has 0 saturated carbocycles. The number of nitrogens with one attached hydrogen (secondary N) is 3. The molecule has 0 aromatic heterocycles. The Hall–Kier alpha value is -4.41. The van der Waals surface area contributed by atoms with Gasteiger partial charge in [0.2, 0.25) is 11.8 Å². The summed E-state index contributed by atoms with van der Waals surface area (Å²) in [6, 6.07) is 16.3. The fraction of sp³-hybridized carbons (Fsp3) is 0.433. The van der Waals surface area contributed by atoms with Gasteiger partial charge in [-0.25, -0.2) is 9.59 Å². The fourth-order valence-corrected chi connectivity index (χ4v) is 3.66. The molecule has 0 radical (unpaired) electrons. The van der Waals surface area contributed by atoms with E-state index < -0.39 is 47.5 Å². The molecule has 0 spiro atoms. The predicted octanol–water partition coefficient (Wildman–Crippen LogP) is 2.81. The molecule has 11 heteroatoms. The minimum atomic E-state index is -1.06. The number of amides is 3. The average Bonchev–Trinajstić information content (AvgIpc) is 2.93. The lowest BCUT2D eigenvalue weighted by Crippen LogP contribution is -2.50. The van der Waals surface area contributed by atoms with Crippen molar-refractivity contribution >= 4 is 29.8 Å². The van der Waals surface area contributed by atoms with Crippen molar-refractivity contribution in [1.82, 2.24) is 16.0 Å². The van der Waals surface area contributed by atoms with Crippen LogP contribution in [-0.4, -0.2) is 61.2 Å². The van der Waals surface area contributed by atoms with Crippen molar-refractivity contribution in [3.63, 3.8) is 0 Å². The summed E-state index contributed by atoms with van der Waals surface area (Å²) >= 11 is 0. The summed E-state index contributed by atoms with van der Waals surface area (Å²) in [4.78, 5) is 62.1. The average molecular weight is 570 g/mol. The Morgan fingerprint density at radius 3 is 2.00 bits per heavy atom. The Kier molecular flexibility index (Phi) is 13.3. The third kappa shape index (κ3) is 13.5. The third-order valence-corrected chi connectivity index (χ3v) is 5.64. The first kappa shape index (κ1) is 32.8. The van der Waals surface area contributed by atoms with E-state index in [-0.39, 0.29) is 38.8 Å². The standard InChI is InChI=1S/C30H39N3O8/c1-30(2,3)41-29(38)33-24(19-21-11-7-5-8-12-21)27(36)31-18-17-25(34)32-23(28(37)39-4)15-16-26(35)40-20-22-13-9-6-10-14-22/h5-14,23-24H,15-20H2,1-4H3,(H,31,36)(H,32,34)(H,33,38)/t23-,24+/m1/s1. The highest BCUT2D eigenvalue weighted by atomic mass is 16.6. The number of hydrogen-bond acceptors (Lipinski definition) is 8. The maximum Gasteiger partial charge on any atom is 0.408 e. The Bertz CT molecular complexity index is 1150. The molecule has 0 heterocycles. The SMILES string of the molecule is COC(=O)[C@@H](CCC(=O)OCc1ccccc1)NC(=O)CCNC(=O)[C@H](Cc1ccccc1)NC(=O)OC(C)(C)C. The molecule has 2 aromatic carbocycles. The number of rotatable bonds is 14. The van der Waals surface area contributed by atoms with Crippen LogP contribution in [0, 0.1) is 0 Å². The molecule has 2 atom stereocenters. The lowest BCUT2D eigenvalue weighted by atomic mass is 10.1. The lowest BCUT2D eigenvalue weighted by Gasteiger charge is -2.23. The van der Waals surface area contributed by atoms with Crippen LogP contribution in [0.25, 0.3) is 0 Å². The quantitative estimate of drug-likeness (QED) is 0.232. The summed E-state index contributed by atoms with van der Waals surface area (Å²) in [6.45, 7) is 5.19. The Morgan fingerprint density at radius 1 is 0.805 bits per heavy atom. The van der Waals surface area contributed by atoms with Crippen LogP contribution in [0.5, 0.6) is 0 Å². The smallest absolute Gasteiger partial charge is 0.408 e. The van der Waals surface area contributed by atoms with Crippen molar-refractivity contribution in [1.29, 1.82) is 0 Å². The van der Waals surface area contributed by atoms with Gasteiger partial charge < -0.3 is 30.2 Å². The van der Waals surface area contributed by atoms with E-state index in [9.17, 15) is 24.0 Å². The minimum Gasteiger partial charge on any atom is -0.467 e. The van der Waals surface area contributed by atoms with Crippen molar-refractivity contribution in [2.75, 3.05) is 13.7 Å². The zero-order valence-electron chi connectivity index (χ0n) is 23.9. The number of benzene rings is 2. The van der Waals surface area contributed by atoms with Gasteiger partial charge in [0.1, 0.15) is 24.3 Å². The Morgan fingerprint density at radius 2 is 1.41 bits per heavy atom. The molecule has 222 valence electrons. The van der Waals surface area contributed by atoms with Crippen molar-refractivity contribution in [2.24, 2.45) is 0 Å². The van der Waals surface area contributed by atoms with E-state index in [4.69, 9.17) is 14.2 Å². The summed E-state index contributed by atoms with van der Waals surface area (Å²) in [5, 5.41) is 7.76. The van der Waals surface area contributed by atoms with Crippen molar-refractivity contribution in [3.8, 4) is 0 Å². The number of esters is 2. The zero-order chi connectivity index (χ0) is 30.3. The second-order valence-electron chi connectivity index (χ2n) is 10.3. The summed E-state index contributed by atoms with van der Waals surface area (Å²) in [5.74, 6) is -2.26. The van der Waals surface area contributed by atoms with Crippen LogP contribution >= 0.6 is 0 Å². The lowest BCUT2D eigenvalue weighted by molar-refractivity contribution is -0.148. The van der Waals surface area contributed by atoms with Crippen LogP contribution in [0.15, 0.2) is 60.7 Å². The molecule has 11 nitrogen and oxygen atoms in total. The molecule has 3 amide bonds. The van der Waals surface area contributed by atoms with Gasteiger partial charge in [-0.05, 0) is 38.3 Å². The first-order valence-corrected chi connectivity index (χ1v) is 13.3. The normalized spacial score (nSPS) is 12.3. The summed E-state index contributed by atoms with van der Waals surface area (Å²) in [7, 11) is 1.18. The van der Waals surface area contributed by atoms with Crippen molar-refractivity contribution < 1.29 is 38.2 Å². The van der Waals surface area contributed by atoms with E-state index in [1.807, 2.05) is 60.7 Å². The molecule has 2 aromatic rings. The highest BCUT2D eigenvalue weighted by Crippen LogP contribution is 2.09. The van der Waals surface area contributed by atoms with Crippen molar-refractivity contribution in [3.05, 3.63) is 71.8 Å². The second-order valence-corrected chi connectivity index (χ2v) is 10.3. The fourth-order valence-electron chi connectivity index (χ4n) is 3.66. The van der Waals surface area contributed by atoms with Crippen LogP contribution in [0.2, 0.25) is 0 Å². The number of alkyl carbamates (subject to hydrolysis) is 1. The zero-order valence-corrected chi connectivity index (χ0v) is 23.9. The molecule has 0 aliphatic rings. The molecule has 41 heavy (non-hydrogen) atoms. The number of methoxy groups -OCH3 is 1. The topological polar surface area (TPSA) is 149 Å². The van der Waals surface area contributed by atoms with E-state index >= 15 is 0 Å². The summed E-state index contributed by atoms with van der Waals surface area (Å²) < 4.78 is 15.2. The number of carbonyl (C=O) groups is 5. The molecule has 0 aliphatic heterocycles. The number of hydrogen-bond donors (Lipinski definition) is 3. The van der Waals surface area contributed by atoms with E-state index in [0.29, 0.717) is 0 Å². The Balaban J connectivity index is 1.86. The highest BCUT2D eigenvalue weighted by molar-refractivity contribution is 5.87. The summed E-state index contributed by atoms with van der Waals surface area (Å²) in [6.07, 6.45) is -0.807. The van der Waals surface area contributed by atoms with Crippen LogP contribution in [0.1, 0.15) is 51.2 Å². The van der Waals surface area contributed by atoms with Gasteiger partial charge in [0, 0.05) is 25.8 Å². The van der Waals surface area contributed by atoms with Gasteiger partial charge in [0.05, 0.1) is 7.11 Å². The summed E-state index contributed by atoms with van der Waals surface area (Å²) in [5.41, 5.74) is 0.905. The number of carbonyl (C=O) groups excluding carboxylic acids is 5. The molecular formula is C30H39N3O8. The first-order chi connectivity index (χ1) is 19.5. The molecule has 0 bridgehead atoms. The van der Waals surface area contributed by atoms with Gasteiger partial charge >= 0.3 is 18.0 Å². The maximum atomic E-state index is 12.9.